The molecular formula is C13H16F2N2O2. The van der Waals surface area contributed by atoms with Gasteiger partial charge in [0.15, 0.2) is 0 Å². The first-order chi connectivity index (χ1) is 9.00. The number of β-amino-alcohol motifs (C(OH)–C–C–N with tert-alkyl or cyclic N) is 1. The summed E-state index contributed by atoms with van der Waals surface area (Å²) >= 11 is 0. The van der Waals surface area contributed by atoms with Crippen LogP contribution in [0.4, 0.5) is 8.78 Å². The normalized spacial score (nSPS) is 22.5. The molecule has 1 aliphatic heterocycles. The molecule has 4 nitrogen and oxygen atoms in total. The van der Waals surface area contributed by atoms with Gasteiger partial charge in [0.2, 0.25) is 5.91 Å². The van der Waals surface area contributed by atoms with Crippen LogP contribution >= 0.6 is 0 Å². The third-order valence-corrected chi connectivity index (χ3v) is 3.23. The molecule has 19 heavy (non-hydrogen) atoms. The second kappa shape index (κ2) is 5.63. The molecule has 0 spiro atoms. The van der Waals surface area contributed by atoms with Crippen LogP contribution in [-0.4, -0.2) is 36.2 Å². The van der Waals surface area contributed by atoms with Crippen molar-refractivity contribution in [1.29, 1.82) is 0 Å². The van der Waals surface area contributed by atoms with Crippen molar-refractivity contribution in [2.24, 2.45) is 0 Å². The number of aliphatic hydroxyl groups is 1. The zero-order valence-electron chi connectivity index (χ0n) is 10.4. The number of hydrogen-bond donors (Lipinski definition) is 3. The highest BCUT2D eigenvalue weighted by molar-refractivity contribution is 5.78. The lowest BCUT2D eigenvalue weighted by molar-refractivity contribution is -0.121. The first kappa shape index (κ1) is 13.9. The van der Waals surface area contributed by atoms with Crippen LogP contribution in [0.3, 0.4) is 0 Å². The molecule has 1 saturated heterocycles. The summed E-state index contributed by atoms with van der Waals surface area (Å²) in [6, 6.07) is 3.47. The Morgan fingerprint density at radius 2 is 2.11 bits per heavy atom. The van der Waals surface area contributed by atoms with Gasteiger partial charge < -0.3 is 15.7 Å². The molecule has 0 aliphatic carbocycles. The molecule has 1 heterocycles. The maximum absolute atomic E-state index is 13.3. The zero-order chi connectivity index (χ0) is 13.9. The van der Waals surface area contributed by atoms with Crippen LogP contribution in [0.2, 0.25) is 0 Å². The number of hydrogen-bond acceptors (Lipinski definition) is 3. The molecule has 104 valence electrons. The SMILES string of the molecule is O=C(Cc1c(F)cccc1F)NCC1(O)CCNC1. The third kappa shape index (κ3) is 3.48. The summed E-state index contributed by atoms with van der Waals surface area (Å²) in [6.45, 7) is 1.17. The van der Waals surface area contributed by atoms with E-state index in [4.69, 9.17) is 0 Å². The number of rotatable bonds is 4. The Bertz CT molecular complexity index is 453. The Morgan fingerprint density at radius 3 is 2.68 bits per heavy atom. The van der Waals surface area contributed by atoms with E-state index in [1.54, 1.807) is 0 Å². The standard InChI is InChI=1S/C13H16F2N2O2/c14-10-2-1-3-11(15)9(10)6-12(18)17-8-13(19)4-5-16-7-13/h1-3,16,19H,4-8H2,(H,17,18). The maximum atomic E-state index is 13.3. The molecule has 1 aromatic carbocycles. The number of amides is 1. The van der Waals surface area contributed by atoms with Crippen molar-refractivity contribution in [2.45, 2.75) is 18.4 Å². The van der Waals surface area contributed by atoms with Crippen molar-refractivity contribution >= 4 is 5.91 Å². The van der Waals surface area contributed by atoms with Crippen LogP contribution in [-0.2, 0) is 11.2 Å². The fourth-order valence-corrected chi connectivity index (χ4v) is 2.07. The highest BCUT2D eigenvalue weighted by Gasteiger charge is 2.31. The first-order valence-corrected chi connectivity index (χ1v) is 6.13. The summed E-state index contributed by atoms with van der Waals surface area (Å²) in [4.78, 5) is 11.6. The molecule has 1 aliphatic rings. The fourth-order valence-electron chi connectivity index (χ4n) is 2.07. The van der Waals surface area contributed by atoms with Crippen molar-refractivity contribution in [3.8, 4) is 0 Å². The summed E-state index contributed by atoms with van der Waals surface area (Å²) in [6.07, 6.45) is 0.170. The number of benzene rings is 1. The van der Waals surface area contributed by atoms with E-state index < -0.39 is 23.1 Å². The highest BCUT2D eigenvalue weighted by atomic mass is 19.1. The second-order valence-electron chi connectivity index (χ2n) is 4.80. The topological polar surface area (TPSA) is 61.4 Å². The molecule has 2 rings (SSSR count). The predicted molar refractivity (Wildman–Crippen MR) is 65.5 cm³/mol. The maximum Gasteiger partial charge on any atom is 0.224 e. The monoisotopic (exact) mass is 270 g/mol. The minimum atomic E-state index is -0.969. The molecule has 3 N–H and O–H groups in total. The number of carbonyl (C=O) groups is 1. The minimum Gasteiger partial charge on any atom is -0.387 e. The highest BCUT2D eigenvalue weighted by Crippen LogP contribution is 2.14. The molecule has 1 unspecified atom stereocenters. The summed E-state index contributed by atoms with van der Waals surface area (Å²) < 4.78 is 26.7. The Balaban J connectivity index is 1.91. The van der Waals surface area contributed by atoms with Crippen LogP contribution in [0.5, 0.6) is 0 Å². The lowest BCUT2D eigenvalue weighted by Gasteiger charge is -2.21. The fraction of sp³-hybridized carbons (Fsp3) is 0.462. The van der Waals surface area contributed by atoms with Gasteiger partial charge in [-0.25, -0.2) is 8.78 Å². The van der Waals surface area contributed by atoms with E-state index in [0.29, 0.717) is 19.5 Å². The van der Waals surface area contributed by atoms with Gasteiger partial charge in [-0.15, -0.1) is 0 Å². The predicted octanol–water partition coefficient (Wildman–Crippen LogP) is 0.348. The van der Waals surface area contributed by atoms with Crippen molar-refractivity contribution in [3.05, 3.63) is 35.4 Å². The van der Waals surface area contributed by atoms with Gasteiger partial charge in [-0.3, -0.25) is 4.79 Å². The van der Waals surface area contributed by atoms with Gasteiger partial charge in [-0.2, -0.15) is 0 Å². The molecule has 1 atom stereocenters. The van der Waals surface area contributed by atoms with Gasteiger partial charge in [-0.1, -0.05) is 6.07 Å². The van der Waals surface area contributed by atoms with Crippen LogP contribution < -0.4 is 10.6 Å². The molecule has 1 fully saturated rings. The van der Waals surface area contributed by atoms with Crippen LogP contribution in [0.25, 0.3) is 0 Å². The molecule has 0 aromatic heterocycles. The third-order valence-electron chi connectivity index (χ3n) is 3.23. The van der Waals surface area contributed by atoms with Crippen molar-refractivity contribution in [3.63, 3.8) is 0 Å². The Hall–Kier alpha value is -1.53. The molecule has 6 heteroatoms. The Morgan fingerprint density at radius 1 is 1.42 bits per heavy atom. The Kier molecular flexibility index (Phi) is 4.11. The minimum absolute atomic E-state index is 0.0783. The Labute approximate surface area is 109 Å². The average molecular weight is 270 g/mol. The average Bonchev–Trinajstić information content (AvgIpc) is 2.79. The van der Waals surface area contributed by atoms with E-state index in [1.165, 1.54) is 6.07 Å². The van der Waals surface area contributed by atoms with Gasteiger partial charge in [0.1, 0.15) is 11.6 Å². The molecule has 1 aromatic rings. The van der Waals surface area contributed by atoms with E-state index >= 15 is 0 Å². The van der Waals surface area contributed by atoms with E-state index in [-0.39, 0.29) is 18.5 Å². The number of halogens is 2. The smallest absolute Gasteiger partial charge is 0.224 e. The van der Waals surface area contributed by atoms with Crippen molar-refractivity contribution < 1.29 is 18.7 Å². The van der Waals surface area contributed by atoms with Gasteiger partial charge in [0.05, 0.1) is 12.0 Å². The quantitative estimate of drug-likeness (QED) is 0.740. The molecule has 1 amide bonds. The van der Waals surface area contributed by atoms with Crippen molar-refractivity contribution in [2.75, 3.05) is 19.6 Å². The van der Waals surface area contributed by atoms with Crippen LogP contribution in [0.1, 0.15) is 12.0 Å². The molecule has 0 bridgehead atoms. The molecule has 0 radical (unpaired) electrons. The van der Waals surface area contributed by atoms with E-state index in [9.17, 15) is 18.7 Å². The summed E-state index contributed by atoms with van der Waals surface area (Å²) in [5.74, 6) is -1.99. The summed E-state index contributed by atoms with van der Waals surface area (Å²) in [5.41, 5.74) is -1.22. The number of nitrogens with one attached hydrogen (secondary N) is 2. The van der Waals surface area contributed by atoms with E-state index in [0.717, 1.165) is 12.1 Å². The van der Waals surface area contributed by atoms with Gasteiger partial charge in [0, 0.05) is 18.7 Å². The second-order valence-corrected chi connectivity index (χ2v) is 4.80. The summed E-state index contributed by atoms with van der Waals surface area (Å²) in [5, 5.41) is 15.5. The van der Waals surface area contributed by atoms with E-state index in [1.807, 2.05) is 0 Å². The largest absolute Gasteiger partial charge is 0.387 e. The summed E-state index contributed by atoms with van der Waals surface area (Å²) in [7, 11) is 0. The van der Waals surface area contributed by atoms with Gasteiger partial charge >= 0.3 is 0 Å². The molecule has 0 saturated carbocycles. The molecular weight excluding hydrogens is 254 g/mol. The lowest BCUT2D eigenvalue weighted by Crippen LogP contribution is -2.44. The number of carbonyl (C=O) groups excluding carboxylic acids is 1. The lowest BCUT2D eigenvalue weighted by atomic mass is 10.0. The van der Waals surface area contributed by atoms with Crippen LogP contribution in [0.15, 0.2) is 18.2 Å². The van der Waals surface area contributed by atoms with Crippen molar-refractivity contribution in [1.82, 2.24) is 10.6 Å². The first-order valence-electron chi connectivity index (χ1n) is 6.13. The van der Waals surface area contributed by atoms with Gasteiger partial charge in [-0.05, 0) is 25.1 Å². The van der Waals surface area contributed by atoms with Crippen LogP contribution in [0, 0.1) is 11.6 Å². The van der Waals surface area contributed by atoms with E-state index in [2.05, 4.69) is 10.6 Å². The van der Waals surface area contributed by atoms with Gasteiger partial charge in [0.25, 0.3) is 0 Å². The zero-order valence-corrected chi connectivity index (χ0v) is 10.4.